The Kier molecular flexibility index (Phi) is 2.82. The molecule has 0 saturated carbocycles. The second-order valence-electron chi connectivity index (χ2n) is 3.27. The van der Waals surface area contributed by atoms with Crippen molar-refractivity contribution < 1.29 is 9.21 Å². The Morgan fingerprint density at radius 3 is 3.21 bits per heavy atom. The van der Waals surface area contributed by atoms with Crippen molar-refractivity contribution in [2.45, 2.75) is 18.7 Å². The Balaban J connectivity index is 2.15. The minimum absolute atomic E-state index is 0.0949. The molecule has 76 valence electrons. The van der Waals surface area contributed by atoms with Crippen LogP contribution in [0.2, 0.25) is 0 Å². The van der Waals surface area contributed by atoms with Crippen LogP contribution in [0.15, 0.2) is 22.8 Å². The van der Waals surface area contributed by atoms with E-state index in [-0.39, 0.29) is 11.3 Å². The lowest BCUT2D eigenvalue weighted by Gasteiger charge is -2.21. The molecule has 14 heavy (non-hydrogen) atoms. The zero-order valence-corrected chi connectivity index (χ0v) is 8.92. The summed E-state index contributed by atoms with van der Waals surface area (Å²) in [6.45, 7) is 2.90. The molecule has 1 aromatic heterocycles. The molecule has 1 aliphatic rings. The maximum atomic E-state index is 11.5. The van der Waals surface area contributed by atoms with Gasteiger partial charge in [0.15, 0.2) is 0 Å². The fourth-order valence-corrected chi connectivity index (χ4v) is 2.77. The van der Waals surface area contributed by atoms with E-state index in [4.69, 9.17) is 4.42 Å². The van der Waals surface area contributed by atoms with Gasteiger partial charge in [-0.05, 0) is 18.6 Å². The van der Waals surface area contributed by atoms with Crippen molar-refractivity contribution in [3.63, 3.8) is 0 Å². The standard InChI is InChI=1S/C10H13NO2S/c1-2-5-11-9(12)7-14-10(11)8-4-3-6-13-8/h3-4,6,10H,2,5,7H2,1H3. The summed E-state index contributed by atoms with van der Waals surface area (Å²) in [7, 11) is 0. The lowest BCUT2D eigenvalue weighted by molar-refractivity contribution is -0.128. The highest BCUT2D eigenvalue weighted by atomic mass is 32.2. The highest BCUT2D eigenvalue weighted by Crippen LogP contribution is 2.38. The molecule has 0 N–H and O–H groups in total. The summed E-state index contributed by atoms with van der Waals surface area (Å²) in [4.78, 5) is 13.4. The molecular formula is C10H13NO2S. The van der Waals surface area contributed by atoms with Crippen LogP contribution in [0, 0.1) is 0 Å². The lowest BCUT2D eigenvalue weighted by atomic mass is 10.3. The third-order valence-corrected chi connectivity index (χ3v) is 3.44. The van der Waals surface area contributed by atoms with Crippen LogP contribution in [0.3, 0.4) is 0 Å². The van der Waals surface area contributed by atoms with Crippen LogP contribution in [0.25, 0.3) is 0 Å². The minimum atomic E-state index is 0.0949. The van der Waals surface area contributed by atoms with Gasteiger partial charge >= 0.3 is 0 Å². The second kappa shape index (κ2) is 4.09. The van der Waals surface area contributed by atoms with Crippen molar-refractivity contribution in [3.05, 3.63) is 24.2 Å². The van der Waals surface area contributed by atoms with Gasteiger partial charge in [0, 0.05) is 6.54 Å². The van der Waals surface area contributed by atoms with Crippen molar-refractivity contribution in [2.75, 3.05) is 12.3 Å². The third-order valence-electron chi connectivity index (χ3n) is 2.22. The van der Waals surface area contributed by atoms with Crippen LogP contribution in [0.1, 0.15) is 24.5 Å². The molecule has 3 nitrogen and oxygen atoms in total. The van der Waals surface area contributed by atoms with E-state index in [1.165, 1.54) is 0 Å². The average molecular weight is 211 g/mol. The maximum absolute atomic E-state index is 11.5. The number of carbonyl (C=O) groups excluding carboxylic acids is 1. The van der Waals surface area contributed by atoms with E-state index < -0.39 is 0 Å². The number of hydrogen-bond donors (Lipinski definition) is 0. The Labute approximate surface area is 87.5 Å². The predicted molar refractivity (Wildman–Crippen MR) is 55.9 cm³/mol. The largest absolute Gasteiger partial charge is 0.466 e. The predicted octanol–water partition coefficient (Wildman–Crippen LogP) is 2.26. The fourth-order valence-electron chi connectivity index (χ4n) is 1.60. The van der Waals surface area contributed by atoms with E-state index in [0.29, 0.717) is 5.75 Å². The normalized spacial score (nSPS) is 21.9. The molecule has 1 aliphatic heterocycles. The molecule has 1 amide bonds. The van der Waals surface area contributed by atoms with Crippen molar-refractivity contribution >= 4 is 17.7 Å². The van der Waals surface area contributed by atoms with Gasteiger partial charge in [-0.15, -0.1) is 11.8 Å². The number of thioether (sulfide) groups is 1. The van der Waals surface area contributed by atoms with Gasteiger partial charge in [0.2, 0.25) is 5.91 Å². The summed E-state index contributed by atoms with van der Waals surface area (Å²) in [5.74, 6) is 1.68. The molecule has 1 atom stereocenters. The fraction of sp³-hybridized carbons (Fsp3) is 0.500. The smallest absolute Gasteiger partial charge is 0.233 e. The van der Waals surface area contributed by atoms with Gasteiger partial charge in [-0.25, -0.2) is 0 Å². The number of nitrogens with zero attached hydrogens (tertiary/aromatic N) is 1. The zero-order valence-electron chi connectivity index (χ0n) is 8.10. The van der Waals surface area contributed by atoms with Crippen molar-refractivity contribution in [1.29, 1.82) is 0 Å². The number of furan rings is 1. The molecule has 0 spiro atoms. The monoisotopic (exact) mass is 211 g/mol. The van der Waals surface area contributed by atoms with Gasteiger partial charge in [0.1, 0.15) is 11.1 Å². The van der Waals surface area contributed by atoms with Crippen molar-refractivity contribution in [3.8, 4) is 0 Å². The van der Waals surface area contributed by atoms with Gasteiger partial charge in [0.25, 0.3) is 0 Å². The van der Waals surface area contributed by atoms with Crippen LogP contribution in [-0.2, 0) is 4.79 Å². The quantitative estimate of drug-likeness (QED) is 0.769. The molecular weight excluding hydrogens is 198 g/mol. The minimum Gasteiger partial charge on any atom is -0.466 e. The lowest BCUT2D eigenvalue weighted by Crippen LogP contribution is -2.28. The van der Waals surface area contributed by atoms with Crippen LogP contribution in [-0.4, -0.2) is 23.1 Å². The molecule has 1 aromatic rings. The van der Waals surface area contributed by atoms with E-state index in [9.17, 15) is 4.79 Å². The number of hydrogen-bond acceptors (Lipinski definition) is 3. The number of rotatable bonds is 3. The first-order valence-corrected chi connectivity index (χ1v) is 5.82. The summed E-state index contributed by atoms with van der Waals surface area (Å²) in [5, 5.41) is 0.0949. The first-order valence-electron chi connectivity index (χ1n) is 4.77. The van der Waals surface area contributed by atoms with Crippen LogP contribution >= 0.6 is 11.8 Å². The molecule has 0 aromatic carbocycles. The molecule has 2 rings (SSSR count). The van der Waals surface area contributed by atoms with Crippen LogP contribution in [0.4, 0.5) is 0 Å². The Morgan fingerprint density at radius 2 is 2.57 bits per heavy atom. The highest BCUT2D eigenvalue weighted by molar-refractivity contribution is 8.00. The number of amides is 1. The SMILES string of the molecule is CCCN1C(=O)CSC1c1ccco1. The van der Waals surface area contributed by atoms with Crippen LogP contribution < -0.4 is 0 Å². The molecule has 2 heterocycles. The van der Waals surface area contributed by atoms with Gasteiger partial charge in [-0.3, -0.25) is 4.79 Å². The van der Waals surface area contributed by atoms with E-state index >= 15 is 0 Å². The molecule has 0 radical (unpaired) electrons. The molecule has 1 saturated heterocycles. The van der Waals surface area contributed by atoms with Crippen LogP contribution in [0.5, 0.6) is 0 Å². The summed E-state index contributed by atoms with van der Waals surface area (Å²) < 4.78 is 5.33. The summed E-state index contributed by atoms with van der Waals surface area (Å²) in [6.07, 6.45) is 2.65. The Bertz CT molecular complexity index is 310. The topological polar surface area (TPSA) is 33.5 Å². The van der Waals surface area contributed by atoms with Gasteiger partial charge in [0.05, 0.1) is 12.0 Å². The van der Waals surface area contributed by atoms with Gasteiger partial charge in [-0.2, -0.15) is 0 Å². The average Bonchev–Trinajstić information content (AvgIpc) is 2.77. The highest BCUT2D eigenvalue weighted by Gasteiger charge is 2.33. The molecule has 1 fully saturated rings. The molecule has 0 aliphatic carbocycles. The van der Waals surface area contributed by atoms with E-state index in [1.54, 1.807) is 18.0 Å². The Hall–Kier alpha value is -0.900. The molecule has 0 bridgehead atoms. The first-order chi connectivity index (χ1) is 6.83. The third kappa shape index (κ3) is 1.66. The van der Waals surface area contributed by atoms with Crippen molar-refractivity contribution in [2.24, 2.45) is 0 Å². The maximum Gasteiger partial charge on any atom is 0.233 e. The van der Waals surface area contributed by atoms with E-state index in [0.717, 1.165) is 18.7 Å². The van der Waals surface area contributed by atoms with Gasteiger partial charge in [-0.1, -0.05) is 6.92 Å². The first kappa shape index (κ1) is 9.65. The second-order valence-corrected chi connectivity index (χ2v) is 4.33. The van der Waals surface area contributed by atoms with E-state index in [2.05, 4.69) is 6.92 Å². The van der Waals surface area contributed by atoms with Crippen molar-refractivity contribution in [1.82, 2.24) is 4.90 Å². The summed E-state index contributed by atoms with van der Waals surface area (Å²) in [6, 6.07) is 3.79. The van der Waals surface area contributed by atoms with Gasteiger partial charge < -0.3 is 9.32 Å². The van der Waals surface area contributed by atoms with E-state index in [1.807, 2.05) is 17.0 Å². The zero-order chi connectivity index (χ0) is 9.97. The Morgan fingerprint density at radius 1 is 1.71 bits per heavy atom. The molecule has 4 heteroatoms. The summed E-state index contributed by atoms with van der Waals surface area (Å²) >= 11 is 1.64. The number of carbonyl (C=O) groups is 1. The molecule has 1 unspecified atom stereocenters. The summed E-state index contributed by atoms with van der Waals surface area (Å²) in [5.41, 5.74) is 0.